The van der Waals surface area contributed by atoms with Crippen molar-refractivity contribution in [2.45, 2.75) is 150 Å². The molecule has 4 aromatic rings. The highest BCUT2D eigenvalue weighted by Crippen LogP contribution is 2.38. The fourth-order valence-electron chi connectivity index (χ4n) is 10.3. The van der Waals surface area contributed by atoms with Crippen molar-refractivity contribution in [2.24, 2.45) is 10.8 Å². The Bertz CT molecular complexity index is 2570. The average Bonchev–Trinajstić information content (AvgIpc) is 4.02. The lowest BCUT2D eigenvalue weighted by Crippen LogP contribution is -2.61. The molecule has 0 saturated carbocycles. The minimum atomic E-state index is -0.954. The van der Waals surface area contributed by atoms with E-state index in [4.69, 9.17) is 4.42 Å². The molecule has 16 heteroatoms. The fraction of sp³-hybridized carbons (Fsp3) is 0.526. The third kappa shape index (κ3) is 13.8. The molecule has 6 amide bonds. The first-order valence-corrected chi connectivity index (χ1v) is 26.0. The molecule has 1 aliphatic carbocycles. The summed E-state index contributed by atoms with van der Waals surface area (Å²) in [6.07, 6.45) is 5.15. The maximum Gasteiger partial charge on any atom is 0.246 e. The van der Waals surface area contributed by atoms with Crippen LogP contribution in [0, 0.1) is 17.8 Å². The van der Waals surface area contributed by atoms with Crippen LogP contribution in [-0.2, 0) is 54.6 Å². The summed E-state index contributed by atoms with van der Waals surface area (Å²) in [6.45, 7) is 17.4. The van der Waals surface area contributed by atoms with Crippen LogP contribution >= 0.6 is 0 Å². The van der Waals surface area contributed by atoms with Crippen molar-refractivity contribution in [3.63, 3.8) is 0 Å². The Balaban J connectivity index is 0.00000429. The SMILES string of the molecule is CC.CNCC(=O)NC(C(=O)N1Cc2cc(C3C[C@@H](C(=O)NC(Cc4ccccc4)c4ncc(C)o4)N(C(=O)C(NC(=O)CNC)C(C)(C)C)C3)ccc2CC1C(=O)NC1CCCc2ccccc21)C(C)(C)C. The van der Waals surface area contributed by atoms with Gasteiger partial charge in [0.2, 0.25) is 41.3 Å². The van der Waals surface area contributed by atoms with Gasteiger partial charge in [0.1, 0.15) is 36.0 Å². The summed E-state index contributed by atoms with van der Waals surface area (Å²) in [7, 11) is 3.32. The molecule has 3 heterocycles. The second-order valence-corrected chi connectivity index (χ2v) is 21.7. The number of carbonyl (C=O) groups is 6. The van der Waals surface area contributed by atoms with Crippen LogP contribution in [0.3, 0.4) is 0 Å². The van der Waals surface area contributed by atoms with Crippen LogP contribution in [0.5, 0.6) is 0 Å². The number of aromatic nitrogens is 1. The Morgan fingerprint density at radius 2 is 1.34 bits per heavy atom. The first-order chi connectivity index (χ1) is 34.7. The molecule has 3 aliphatic rings. The minimum Gasteiger partial charge on any atom is -0.444 e. The molecule has 7 rings (SSSR count). The van der Waals surface area contributed by atoms with E-state index in [1.165, 1.54) is 5.56 Å². The van der Waals surface area contributed by atoms with Gasteiger partial charge in [0.15, 0.2) is 0 Å². The van der Waals surface area contributed by atoms with Gasteiger partial charge in [-0.2, -0.15) is 0 Å². The highest BCUT2D eigenvalue weighted by atomic mass is 16.4. The molecule has 0 radical (unpaired) electrons. The van der Waals surface area contributed by atoms with E-state index in [1.54, 1.807) is 37.0 Å². The summed E-state index contributed by atoms with van der Waals surface area (Å²) in [5.74, 6) is -1.46. The highest BCUT2D eigenvalue weighted by molar-refractivity contribution is 5.95. The van der Waals surface area contributed by atoms with Crippen molar-refractivity contribution in [3.05, 3.63) is 124 Å². The van der Waals surface area contributed by atoms with E-state index in [9.17, 15) is 24.0 Å². The number of oxazole rings is 1. The number of amides is 6. The third-order valence-electron chi connectivity index (χ3n) is 14.0. The number of hydrogen-bond acceptors (Lipinski definition) is 10. The molecule has 73 heavy (non-hydrogen) atoms. The van der Waals surface area contributed by atoms with E-state index in [2.05, 4.69) is 49.0 Å². The number of benzene rings is 3. The third-order valence-corrected chi connectivity index (χ3v) is 14.0. The number of aryl methyl sites for hydroxylation is 2. The standard InChI is InChI=1S/C55H73N9O7.C2H6/c1-33-28-58-51(71-33)42(24-34-16-11-10-12-17-34)60-50(68)44-27-39(32-64(44)53(70)48(55(5,6)7)62-46(66)30-57-9)36-22-23-37-26-43(49(67)59-41-21-15-19-35-18-13-14-20-40(35)41)63(31-38(37)25-36)52(69)47(54(2,3)4)61-45(65)29-56-8;1-2/h10-14,16-18,20,22-23,25,28,39,41-44,47-48,56-57H,15,19,21,24,26-27,29-32H2,1-9H3,(H,59,67)(H,60,68)(H,61,65)(H,62,66);1-2H3/t39?,41?,42?,43?,44-,47?,48?;/m0./s1. The number of nitrogens with one attached hydrogen (secondary N) is 6. The molecule has 0 bridgehead atoms. The predicted octanol–water partition coefficient (Wildman–Crippen LogP) is 5.74. The van der Waals surface area contributed by atoms with Crippen molar-refractivity contribution >= 4 is 35.4 Å². The molecule has 7 atom stereocenters. The number of fused-ring (bicyclic) bond motifs is 2. The molecule has 1 aromatic heterocycles. The lowest BCUT2D eigenvalue weighted by molar-refractivity contribution is -0.147. The van der Waals surface area contributed by atoms with Crippen LogP contribution in [0.25, 0.3) is 0 Å². The number of nitrogens with zero attached hydrogens (tertiary/aromatic N) is 3. The van der Waals surface area contributed by atoms with Gasteiger partial charge in [0, 0.05) is 31.8 Å². The Labute approximate surface area is 432 Å². The maximum absolute atomic E-state index is 15.0. The molecule has 6 unspecified atom stereocenters. The monoisotopic (exact) mass is 1000 g/mol. The van der Waals surface area contributed by atoms with Gasteiger partial charge in [0.05, 0.1) is 25.3 Å². The molecule has 1 saturated heterocycles. The molecule has 3 aromatic carbocycles. The molecule has 6 N–H and O–H groups in total. The Kier molecular flexibility index (Phi) is 18.8. The number of carbonyl (C=O) groups excluding carboxylic acids is 6. The van der Waals surface area contributed by atoms with Crippen LogP contribution < -0.4 is 31.9 Å². The van der Waals surface area contributed by atoms with Crippen molar-refractivity contribution in [1.82, 2.24) is 46.7 Å². The van der Waals surface area contributed by atoms with Gasteiger partial charge in [-0.3, -0.25) is 28.8 Å². The van der Waals surface area contributed by atoms with Gasteiger partial charge in [-0.25, -0.2) is 4.98 Å². The largest absolute Gasteiger partial charge is 0.444 e. The first kappa shape index (κ1) is 55.9. The zero-order chi connectivity index (χ0) is 53.2. The topological polar surface area (TPSA) is 207 Å². The molecule has 1 fully saturated rings. The van der Waals surface area contributed by atoms with E-state index in [1.807, 2.05) is 116 Å². The Hall–Kier alpha value is -6.39. The van der Waals surface area contributed by atoms with Crippen molar-refractivity contribution in [1.29, 1.82) is 0 Å². The zero-order valence-electron chi connectivity index (χ0n) is 44.8. The summed E-state index contributed by atoms with van der Waals surface area (Å²) in [5, 5.41) is 18.1. The van der Waals surface area contributed by atoms with Crippen LogP contribution in [-0.4, -0.2) is 108 Å². The van der Waals surface area contributed by atoms with Gasteiger partial charge >= 0.3 is 0 Å². The first-order valence-electron chi connectivity index (χ1n) is 26.0. The Morgan fingerprint density at radius 3 is 1.95 bits per heavy atom. The normalized spacial score (nSPS) is 19.7. The van der Waals surface area contributed by atoms with Crippen LogP contribution in [0.4, 0.5) is 0 Å². The van der Waals surface area contributed by atoms with E-state index in [-0.39, 0.29) is 86.4 Å². The molecular formula is C57H79N9O7. The molecule has 394 valence electrons. The van der Waals surface area contributed by atoms with Gasteiger partial charge in [-0.05, 0) is 90.9 Å². The van der Waals surface area contributed by atoms with Gasteiger partial charge in [-0.15, -0.1) is 0 Å². The van der Waals surface area contributed by atoms with E-state index in [0.29, 0.717) is 18.1 Å². The fourth-order valence-corrected chi connectivity index (χ4v) is 10.3. The van der Waals surface area contributed by atoms with Gasteiger partial charge in [0.25, 0.3) is 0 Å². The molecular weight excluding hydrogens is 923 g/mol. The lowest BCUT2D eigenvalue weighted by Gasteiger charge is -2.41. The number of hydrogen-bond donors (Lipinski definition) is 6. The van der Waals surface area contributed by atoms with Crippen molar-refractivity contribution in [3.8, 4) is 0 Å². The second kappa shape index (κ2) is 24.6. The summed E-state index contributed by atoms with van der Waals surface area (Å²) >= 11 is 0. The molecule has 0 spiro atoms. The smallest absolute Gasteiger partial charge is 0.246 e. The number of likely N-dealkylation sites (N-methyl/N-ethyl adjacent to an activating group) is 2. The predicted molar refractivity (Wildman–Crippen MR) is 282 cm³/mol. The average molecular weight is 1000 g/mol. The van der Waals surface area contributed by atoms with Crippen LogP contribution in [0.1, 0.15) is 138 Å². The van der Waals surface area contributed by atoms with Crippen molar-refractivity contribution in [2.75, 3.05) is 33.7 Å². The minimum absolute atomic E-state index is 0.00759. The molecule has 16 nitrogen and oxygen atoms in total. The lowest BCUT2D eigenvalue weighted by atomic mass is 9.83. The van der Waals surface area contributed by atoms with Gasteiger partial charge in [-0.1, -0.05) is 128 Å². The number of rotatable bonds is 16. The zero-order valence-corrected chi connectivity index (χ0v) is 44.8. The second-order valence-electron chi connectivity index (χ2n) is 21.7. The highest BCUT2D eigenvalue weighted by Gasteiger charge is 2.47. The van der Waals surface area contributed by atoms with Crippen LogP contribution in [0.2, 0.25) is 0 Å². The van der Waals surface area contributed by atoms with Crippen LogP contribution in [0.15, 0.2) is 83.4 Å². The quantitative estimate of drug-likeness (QED) is 0.0803. The maximum atomic E-state index is 15.0. The summed E-state index contributed by atoms with van der Waals surface area (Å²) in [4.78, 5) is 93.4. The summed E-state index contributed by atoms with van der Waals surface area (Å²) in [5.41, 5.74) is 4.42. The van der Waals surface area contributed by atoms with Gasteiger partial charge < -0.3 is 46.1 Å². The van der Waals surface area contributed by atoms with E-state index >= 15 is 4.79 Å². The van der Waals surface area contributed by atoms with E-state index in [0.717, 1.165) is 47.1 Å². The summed E-state index contributed by atoms with van der Waals surface area (Å²) in [6, 6.07) is 19.3. The number of likely N-dealkylation sites (tertiary alicyclic amines) is 1. The van der Waals surface area contributed by atoms with E-state index < -0.39 is 41.0 Å². The molecule has 2 aliphatic heterocycles. The summed E-state index contributed by atoms with van der Waals surface area (Å²) < 4.78 is 5.98. The Morgan fingerprint density at radius 1 is 0.726 bits per heavy atom. The van der Waals surface area contributed by atoms with Crippen molar-refractivity contribution < 1.29 is 33.2 Å².